The largest absolute Gasteiger partial charge is 0.473 e. The molecule has 0 radical (unpaired) electrons. The molecule has 2 aliphatic heterocycles. The van der Waals surface area contributed by atoms with Gasteiger partial charge in [-0.05, 0) is 41.8 Å². The van der Waals surface area contributed by atoms with Crippen molar-refractivity contribution < 1.29 is 8.83 Å². The smallest absolute Gasteiger partial charge is 0.180 e. The molecule has 9 rings (SSSR count). The average Bonchev–Trinajstić information content (AvgIpc) is 3.99. The maximum Gasteiger partial charge on any atom is 0.180 e. The molecule has 1 aromatic carbocycles. The molecule has 0 fully saturated rings. The van der Waals surface area contributed by atoms with Crippen LogP contribution in [0.5, 0.6) is 0 Å². The highest BCUT2D eigenvalue weighted by Crippen LogP contribution is 1.94. The summed E-state index contributed by atoms with van der Waals surface area (Å²) in [6.07, 6.45) is 38.8. The van der Waals surface area contributed by atoms with Gasteiger partial charge >= 0.3 is 0 Å². The number of aromatic nitrogens is 2. The first-order chi connectivity index (χ1) is 23.0. The van der Waals surface area contributed by atoms with E-state index in [1.54, 1.807) is 65.5 Å². The van der Waals surface area contributed by atoms with Crippen LogP contribution in [0, 0.1) is 0 Å². The number of thiazole rings is 1. The van der Waals surface area contributed by atoms with Gasteiger partial charge in [0.25, 0.3) is 0 Å². The number of oxazole rings is 1. The van der Waals surface area contributed by atoms with E-state index < -0.39 is 0 Å². The van der Waals surface area contributed by atoms with Crippen LogP contribution in [-0.4, -0.2) is 22.7 Å². The van der Waals surface area contributed by atoms with Crippen molar-refractivity contribution in [1.29, 1.82) is 0 Å². The number of nitrogens with zero attached hydrogens (tertiary/aromatic N) is 5. The number of azo groups is 1. The van der Waals surface area contributed by atoms with Crippen molar-refractivity contribution in [2.45, 2.75) is 19.3 Å². The number of rotatable bonds is 0. The summed E-state index contributed by atoms with van der Waals surface area (Å²) >= 11 is 3.31. The molecule has 238 valence electrons. The van der Waals surface area contributed by atoms with E-state index in [4.69, 9.17) is 0 Å². The van der Waals surface area contributed by atoms with E-state index in [-0.39, 0.29) is 0 Å². The van der Waals surface area contributed by atoms with Crippen LogP contribution in [0.1, 0.15) is 19.3 Å². The minimum Gasteiger partial charge on any atom is -0.473 e. The fourth-order valence-corrected chi connectivity index (χ4v) is 3.32. The maximum atomic E-state index is 4.58. The lowest BCUT2D eigenvalue weighted by atomic mass is 10.4. The molecule has 9 heteroatoms. The quantitative estimate of drug-likeness (QED) is 0.167. The predicted molar refractivity (Wildman–Crippen MR) is 195 cm³/mol. The summed E-state index contributed by atoms with van der Waals surface area (Å²) in [5, 5.41) is 13.1. The van der Waals surface area contributed by atoms with E-state index in [1.165, 1.54) is 12.7 Å². The number of thiophene rings is 1. The number of aliphatic imine (C=N–C) groups is 1. The zero-order valence-corrected chi connectivity index (χ0v) is 27.4. The summed E-state index contributed by atoms with van der Waals surface area (Å²) in [5.41, 5.74) is 1.79. The molecule has 2 aliphatic carbocycles. The Labute approximate surface area is 280 Å². The van der Waals surface area contributed by atoms with Gasteiger partial charge in [-0.25, -0.2) is 4.98 Å². The van der Waals surface area contributed by atoms with E-state index >= 15 is 0 Å². The van der Waals surface area contributed by atoms with Crippen LogP contribution in [0.25, 0.3) is 0 Å². The lowest BCUT2D eigenvalue weighted by molar-refractivity contribution is 0.558. The molecule has 46 heavy (non-hydrogen) atoms. The Kier molecular flexibility index (Phi) is 30.3. The molecule has 6 heterocycles. The van der Waals surface area contributed by atoms with Crippen LogP contribution in [-0.2, 0) is 0 Å². The Morgan fingerprint density at radius 2 is 1.15 bits per heavy atom. The van der Waals surface area contributed by atoms with Gasteiger partial charge in [0, 0.05) is 36.6 Å². The topological polar surface area (TPSA) is 89.1 Å². The second-order valence-corrected chi connectivity index (χ2v) is 9.62. The summed E-state index contributed by atoms with van der Waals surface area (Å²) in [6, 6.07) is 19.7. The molecule has 0 spiro atoms. The van der Waals surface area contributed by atoms with Gasteiger partial charge in [0.1, 0.15) is 6.26 Å². The molecular weight excluding hydrogens is 611 g/mol. The highest BCUT2D eigenvalue weighted by molar-refractivity contribution is 7.07. The average molecular weight is 652 g/mol. The summed E-state index contributed by atoms with van der Waals surface area (Å²) in [7, 11) is 0. The molecular formula is C37H41N5O2S2. The highest BCUT2D eigenvalue weighted by Gasteiger charge is 1.75. The van der Waals surface area contributed by atoms with Crippen molar-refractivity contribution in [3.63, 3.8) is 0 Å². The summed E-state index contributed by atoms with van der Waals surface area (Å²) in [4.78, 5) is 11.1. The number of furan rings is 1. The fraction of sp³-hybridized carbons (Fsp3) is 0.108. The van der Waals surface area contributed by atoms with Gasteiger partial charge in [0.05, 0.1) is 30.8 Å². The van der Waals surface area contributed by atoms with E-state index in [0.717, 1.165) is 25.8 Å². The number of allylic oxidation sites excluding steroid dienone is 9. The van der Waals surface area contributed by atoms with Crippen molar-refractivity contribution >= 4 is 28.9 Å². The lowest BCUT2D eigenvalue weighted by Gasteiger charge is -1.69. The minimum atomic E-state index is 0.778. The fourth-order valence-electron chi connectivity index (χ4n) is 2.52. The predicted octanol–water partition coefficient (Wildman–Crippen LogP) is 11.5. The van der Waals surface area contributed by atoms with Gasteiger partial charge in [-0.2, -0.15) is 21.6 Å². The first-order valence-electron chi connectivity index (χ1n) is 14.4. The van der Waals surface area contributed by atoms with Crippen molar-refractivity contribution in [1.82, 2.24) is 9.97 Å². The van der Waals surface area contributed by atoms with Crippen molar-refractivity contribution in [2.75, 3.05) is 6.54 Å². The van der Waals surface area contributed by atoms with E-state index in [9.17, 15) is 0 Å². The highest BCUT2D eigenvalue weighted by atomic mass is 32.1. The number of hydrogen-bond donors (Lipinski definition) is 0. The van der Waals surface area contributed by atoms with Gasteiger partial charge in [-0.15, -0.1) is 11.3 Å². The van der Waals surface area contributed by atoms with Crippen LogP contribution < -0.4 is 0 Å². The summed E-state index contributed by atoms with van der Waals surface area (Å²) < 4.78 is 9.06. The Bertz CT molecular complexity index is 1090. The lowest BCUT2D eigenvalue weighted by Crippen LogP contribution is -1.53. The molecule has 4 aliphatic rings. The summed E-state index contributed by atoms with van der Waals surface area (Å²) in [5.74, 6) is 0. The molecule has 7 nitrogen and oxygen atoms in total. The molecule has 0 N–H and O–H groups in total. The molecule has 5 aromatic rings. The number of benzene rings is 1. The third-order valence-electron chi connectivity index (χ3n) is 4.50. The Morgan fingerprint density at radius 1 is 0.500 bits per heavy atom. The van der Waals surface area contributed by atoms with Crippen molar-refractivity contribution in [3.05, 3.63) is 193 Å². The monoisotopic (exact) mass is 651 g/mol. The van der Waals surface area contributed by atoms with Crippen molar-refractivity contribution in [3.8, 4) is 0 Å². The van der Waals surface area contributed by atoms with Gasteiger partial charge < -0.3 is 8.83 Å². The maximum absolute atomic E-state index is 4.58. The van der Waals surface area contributed by atoms with Crippen molar-refractivity contribution in [2.24, 2.45) is 15.2 Å². The van der Waals surface area contributed by atoms with Crippen LogP contribution in [0.15, 0.2) is 217 Å². The SMILES string of the molecule is C1=CCC=C1.C1=CCC=C1.C1=CN=CC1.C1=CN=NC1.c1ccccc1.c1ccoc1.c1ccsc1.c1cocn1.c1cscn1. The van der Waals surface area contributed by atoms with Gasteiger partial charge in [-0.1, -0.05) is 103 Å². The van der Waals surface area contributed by atoms with Crippen LogP contribution in [0.4, 0.5) is 0 Å². The molecule has 0 bridgehead atoms. The molecule has 0 saturated carbocycles. The normalized spacial score (nSPS) is 12.2. The molecule has 4 aromatic heterocycles. The second-order valence-electron chi connectivity index (χ2n) is 8.05. The van der Waals surface area contributed by atoms with E-state index in [1.807, 2.05) is 95.2 Å². The Morgan fingerprint density at radius 3 is 1.33 bits per heavy atom. The molecule has 0 amide bonds. The van der Waals surface area contributed by atoms with Gasteiger partial charge in [0.15, 0.2) is 6.39 Å². The standard InChI is InChI=1S/C6H6.2C5H6.C4H5N.C4H4O.C4H4S.C3H4N2.C3H3NO.C3H3NS/c1-2-4-6-5-3-1;6*1-2-4-5-3-1;2*1-2-5-3-4-1/h1-6H;2*1-4H,5H2;1,3-4H,2H2;2*1-4H;1-2H,3H2;2*1-3H. The molecule has 0 saturated heterocycles. The minimum absolute atomic E-state index is 0.778. The second kappa shape index (κ2) is 35.9. The third-order valence-corrected chi connectivity index (χ3v) is 5.65. The van der Waals surface area contributed by atoms with Crippen LogP contribution in [0.2, 0.25) is 0 Å². The van der Waals surface area contributed by atoms with E-state index in [2.05, 4.69) is 82.6 Å². The zero-order chi connectivity index (χ0) is 32.5. The molecule has 0 atom stereocenters. The van der Waals surface area contributed by atoms with Gasteiger partial charge in [0.2, 0.25) is 0 Å². The van der Waals surface area contributed by atoms with E-state index in [0.29, 0.717) is 0 Å². The third kappa shape index (κ3) is 33.3. The molecule has 0 unspecified atom stereocenters. The first kappa shape index (κ1) is 38.8. The van der Waals surface area contributed by atoms with Gasteiger partial charge in [-0.3, -0.25) is 9.98 Å². The number of hydrogen-bond acceptors (Lipinski definition) is 9. The Hall–Kier alpha value is -5.25. The van der Waals surface area contributed by atoms with Crippen LogP contribution >= 0.6 is 22.7 Å². The zero-order valence-electron chi connectivity index (χ0n) is 25.8. The first-order valence-corrected chi connectivity index (χ1v) is 16.3. The summed E-state index contributed by atoms with van der Waals surface area (Å²) in [6.45, 7) is 0.778. The Balaban J connectivity index is 0.000000259. The van der Waals surface area contributed by atoms with Crippen LogP contribution in [0.3, 0.4) is 0 Å².